The van der Waals surface area contributed by atoms with Gasteiger partial charge in [0, 0.05) is 24.4 Å². The number of non-ortho nitro benzene ring substituents is 1. The Kier molecular flexibility index (Phi) is 5.76. The summed E-state index contributed by atoms with van der Waals surface area (Å²) in [6.45, 7) is 0.187. The van der Waals surface area contributed by atoms with Crippen molar-refractivity contribution < 1.29 is 14.1 Å². The summed E-state index contributed by atoms with van der Waals surface area (Å²) in [6, 6.07) is 15.6. The summed E-state index contributed by atoms with van der Waals surface area (Å²) in [6.07, 6.45) is 4.58. The van der Waals surface area contributed by atoms with Crippen molar-refractivity contribution in [1.82, 2.24) is 9.97 Å². The van der Waals surface area contributed by atoms with Gasteiger partial charge in [0.05, 0.1) is 27.4 Å². The number of carbonyl (C=O) groups is 1. The first-order valence-electron chi connectivity index (χ1n) is 9.19. The molecule has 0 atom stereocenters. The second-order valence-electron chi connectivity index (χ2n) is 6.54. The number of anilines is 1. The highest BCUT2D eigenvalue weighted by Gasteiger charge is 2.19. The van der Waals surface area contributed by atoms with Gasteiger partial charge in [0.2, 0.25) is 0 Å². The third kappa shape index (κ3) is 4.78. The first-order valence-corrected chi connectivity index (χ1v) is 10.0. The van der Waals surface area contributed by atoms with Gasteiger partial charge in [-0.25, -0.2) is 9.37 Å². The first kappa shape index (κ1) is 20.3. The lowest BCUT2D eigenvalue weighted by molar-refractivity contribution is -0.384. The molecule has 0 saturated heterocycles. The molecular weight excluding hydrogens is 419 g/mol. The Morgan fingerprint density at radius 1 is 1.16 bits per heavy atom. The normalized spacial score (nSPS) is 11.1. The SMILES string of the molecule is O=C(C=Cc1ccc([N+](=O)[O-])cc1)N(Cc1ccccn1)c1nc2ccc(F)cc2s1. The van der Waals surface area contributed by atoms with Gasteiger partial charge in [0.25, 0.3) is 11.6 Å². The van der Waals surface area contributed by atoms with E-state index in [1.165, 1.54) is 46.6 Å². The zero-order valence-electron chi connectivity index (χ0n) is 16.0. The minimum atomic E-state index is -0.483. The molecule has 154 valence electrons. The van der Waals surface area contributed by atoms with Gasteiger partial charge in [-0.15, -0.1) is 0 Å². The number of nitrogens with zero attached hydrogens (tertiary/aromatic N) is 4. The summed E-state index contributed by atoms with van der Waals surface area (Å²) in [7, 11) is 0. The molecule has 0 fully saturated rings. The van der Waals surface area contributed by atoms with Gasteiger partial charge in [0.1, 0.15) is 5.82 Å². The second-order valence-corrected chi connectivity index (χ2v) is 7.55. The summed E-state index contributed by atoms with van der Waals surface area (Å²) in [5.74, 6) is -0.716. The van der Waals surface area contributed by atoms with Gasteiger partial charge in [0.15, 0.2) is 5.13 Å². The predicted octanol–water partition coefficient (Wildman–Crippen LogP) is 4.99. The highest BCUT2D eigenvalue weighted by molar-refractivity contribution is 7.22. The van der Waals surface area contributed by atoms with Crippen LogP contribution in [0.2, 0.25) is 0 Å². The molecule has 0 aliphatic rings. The fourth-order valence-corrected chi connectivity index (χ4v) is 3.86. The topological polar surface area (TPSA) is 89.2 Å². The number of hydrogen-bond acceptors (Lipinski definition) is 6. The van der Waals surface area contributed by atoms with Crippen molar-refractivity contribution in [2.24, 2.45) is 0 Å². The maximum Gasteiger partial charge on any atom is 0.269 e. The van der Waals surface area contributed by atoms with Crippen molar-refractivity contribution in [3.05, 3.63) is 100 Å². The van der Waals surface area contributed by atoms with Crippen LogP contribution < -0.4 is 4.90 Å². The molecule has 2 aromatic carbocycles. The van der Waals surface area contributed by atoms with E-state index in [4.69, 9.17) is 0 Å². The fraction of sp³-hybridized carbons (Fsp3) is 0.0455. The van der Waals surface area contributed by atoms with Gasteiger partial charge in [-0.1, -0.05) is 17.4 Å². The Morgan fingerprint density at radius 2 is 1.97 bits per heavy atom. The highest BCUT2D eigenvalue weighted by Crippen LogP contribution is 2.30. The van der Waals surface area contributed by atoms with Crippen molar-refractivity contribution in [2.45, 2.75) is 6.54 Å². The number of fused-ring (bicyclic) bond motifs is 1. The predicted molar refractivity (Wildman–Crippen MR) is 117 cm³/mol. The summed E-state index contributed by atoms with van der Waals surface area (Å²) in [5.41, 5.74) is 1.88. The van der Waals surface area contributed by atoms with Gasteiger partial charge >= 0.3 is 0 Å². The summed E-state index contributed by atoms with van der Waals surface area (Å²) >= 11 is 1.21. The van der Waals surface area contributed by atoms with Crippen LogP contribution in [0.4, 0.5) is 15.2 Å². The van der Waals surface area contributed by atoms with Crippen LogP contribution in [0.25, 0.3) is 16.3 Å². The molecule has 0 N–H and O–H groups in total. The lowest BCUT2D eigenvalue weighted by Gasteiger charge is -2.17. The first-order chi connectivity index (χ1) is 15.0. The van der Waals surface area contributed by atoms with Crippen LogP contribution in [0.5, 0.6) is 0 Å². The smallest absolute Gasteiger partial charge is 0.269 e. The Hall–Kier alpha value is -3.98. The van der Waals surface area contributed by atoms with Gasteiger partial charge in [-0.2, -0.15) is 0 Å². The van der Waals surface area contributed by atoms with Crippen molar-refractivity contribution in [3.63, 3.8) is 0 Å². The van der Waals surface area contributed by atoms with E-state index in [1.807, 2.05) is 6.07 Å². The number of halogens is 1. The van der Waals surface area contributed by atoms with Gasteiger partial charge in [-0.3, -0.25) is 24.8 Å². The van der Waals surface area contributed by atoms with Crippen LogP contribution in [0.15, 0.2) is 72.9 Å². The zero-order chi connectivity index (χ0) is 21.8. The number of aromatic nitrogens is 2. The second kappa shape index (κ2) is 8.80. The molecule has 4 aromatic rings. The highest BCUT2D eigenvalue weighted by atomic mass is 32.1. The third-order valence-electron chi connectivity index (χ3n) is 4.40. The third-order valence-corrected chi connectivity index (χ3v) is 5.45. The maximum atomic E-state index is 13.6. The largest absolute Gasteiger partial charge is 0.278 e. The summed E-state index contributed by atoms with van der Waals surface area (Å²) in [4.78, 5) is 33.6. The van der Waals surface area contributed by atoms with Crippen molar-refractivity contribution >= 4 is 44.4 Å². The average molecular weight is 434 g/mol. The van der Waals surface area contributed by atoms with E-state index in [-0.39, 0.29) is 24.0 Å². The lowest BCUT2D eigenvalue weighted by atomic mass is 10.2. The lowest BCUT2D eigenvalue weighted by Crippen LogP contribution is -2.29. The Balaban J connectivity index is 1.64. The number of pyridine rings is 1. The minimum absolute atomic E-state index is 0.0260. The van der Waals surface area contributed by atoms with Crippen LogP contribution >= 0.6 is 11.3 Å². The number of nitro benzene ring substituents is 1. The summed E-state index contributed by atoms with van der Waals surface area (Å²) in [5, 5.41) is 11.2. The molecule has 0 aliphatic heterocycles. The van der Waals surface area contributed by atoms with E-state index >= 15 is 0 Å². The molecule has 0 radical (unpaired) electrons. The Bertz CT molecular complexity index is 1270. The van der Waals surface area contributed by atoms with Crippen molar-refractivity contribution in [1.29, 1.82) is 0 Å². The van der Waals surface area contributed by atoms with Crippen LogP contribution in [0, 0.1) is 15.9 Å². The molecule has 1 amide bonds. The molecule has 0 saturated carbocycles. The molecule has 4 rings (SSSR count). The molecule has 9 heteroatoms. The molecule has 31 heavy (non-hydrogen) atoms. The van der Waals surface area contributed by atoms with E-state index < -0.39 is 4.92 Å². The average Bonchev–Trinajstić information content (AvgIpc) is 3.19. The van der Waals surface area contributed by atoms with Crippen molar-refractivity contribution in [3.8, 4) is 0 Å². The van der Waals surface area contributed by atoms with E-state index in [0.717, 1.165) is 0 Å². The Morgan fingerprint density at radius 3 is 2.68 bits per heavy atom. The number of amides is 1. The van der Waals surface area contributed by atoms with Crippen molar-refractivity contribution in [2.75, 3.05) is 4.90 Å². The molecular formula is C22H15FN4O3S. The number of nitro groups is 1. The molecule has 0 bridgehead atoms. The van der Waals surface area contributed by atoms with E-state index in [2.05, 4.69) is 9.97 Å². The van der Waals surface area contributed by atoms with Crippen LogP contribution in [0.3, 0.4) is 0 Å². The van der Waals surface area contributed by atoms with Gasteiger partial charge in [-0.05, 0) is 54.1 Å². The molecule has 0 spiro atoms. The van der Waals surface area contributed by atoms with Gasteiger partial charge < -0.3 is 0 Å². The van der Waals surface area contributed by atoms with E-state index in [1.54, 1.807) is 42.6 Å². The molecule has 0 aliphatic carbocycles. The number of carbonyl (C=O) groups excluding carboxylic acids is 1. The Labute approximate surface area is 180 Å². The zero-order valence-corrected chi connectivity index (χ0v) is 16.8. The fourth-order valence-electron chi connectivity index (χ4n) is 2.86. The number of thiazole rings is 1. The van der Waals surface area contributed by atoms with Crippen LogP contribution in [0.1, 0.15) is 11.3 Å². The van der Waals surface area contributed by atoms with E-state index in [9.17, 15) is 19.3 Å². The quantitative estimate of drug-likeness (QED) is 0.242. The van der Waals surface area contributed by atoms with Crippen LogP contribution in [-0.4, -0.2) is 20.8 Å². The molecule has 0 unspecified atom stereocenters. The number of rotatable bonds is 6. The minimum Gasteiger partial charge on any atom is -0.278 e. The molecule has 2 aromatic heterocycles. The molecule has 2 heterocycles. The number of benzene rings is 2. The van der Waals surface area contributed by atoms with E-state index in [0.29, 0.717) is 26.6 Å². The standard InChI is InChI=1S/C22H15FN4O3S/c23-16-7-10-19-20(13-16)31-22(25-19)26(14-17-3-1-2-12-24-17)21(28)11-6-15-4-8-18(9-5-15)27(29)30/h1-13H,14H2. The number of hydrogen-bond donors (Lipinski definition) is 0. The summed E-state index contributed by atoms with van der Waals surface area (Å²) < 4.78 is 14.2. The monoisotopic (exact) mass is 434 g/mol. The molecule has 7 nitrogen and oxygen atoms in total. The maximum absolute atomic E-state index is 13.6. The van der Waals surface area contributed by atoms with Crippen LogP contribution in [-0.2, 0) is 11.3 Å².